The zero-order chi connectivity index (χ0) is 25.5. The maximum atomic E-state index is 13.7. The van der Waals surface area contributed by atoms with Crippen LogP contribution in [0, 0.1) is 5.41 Å². The minimum Gasteiger partial charge on any atom is -0.314 e. The summed E-state index contributed by atoms with van der Waals surface area (Å²) in [5.41, 5.74) is -5.68. The molecule has 1 atom stereocenters. The number of alkyl halides is 8. The van der Waals surface area contributed by atoms with Crippen LogP contribution in [0.2, 0.25) is 0 Å². The summed E-state index contributed by atoms with van der Waals surface area (Å²) in [7, 11) is 0. The molecule has 3 nitrogen and oxygen atoms in total. The van der Waals surface area contributed by atoms with Crippen LogP contribution in [0.25, 0.3) is 0 Å². The van der Waals surface area contributed by atoms with E-state index in [1.54, 1.807) is 44.2 Å². The van der Waals surface area contributed by atoms with Crippen molar-refractivity contribution in [2.24, 2.45) is 5.41 Å². The molecule has 1 saturated heterocycles. The molecule has 1 unspecified atom stereocenters. The number of rotatable bonds is 4. The first kappa shape index (κ1) is 25.8. The van der Waals surface area contributed by atoms with E-state index in [9.17, 15) is 39.9 Å². The second-order valence-corrected chi connectivity index (χ2v) is 9.14. The van der Waals surface area contributed by atoms with Gasteiger partial charge in [0, 0.05) is 18.7 Å². The molecular weight excluding hydrogens is 472 g/mol. The smallest absolute Gasteiger partial charge is 0.314 e. The van der Waals surface area contributed by atoms with E-state index < -0.39 is 59.0 Å². The maximum Gasteiger partial charge on any atom is 0.416 e. The Bertz CT molecular complexity index is 1000. The summed E-state index contributed by atoms with van der Waals surface area (Å²) < 4.78 is 107. The van der Waals surface area contributed by atoms with Gasteiger partial charge in [-0.1, -0.05) is 44.2 Å². The van der Waals surface area contributed by atoms with Crippen LogP contribution in [0.4, 0.5) is 45.6 Å². The van der Waals surface area contributed by atoms with Gasteiger partial charge in [0.25, 0.3) is 0 Å². The molecule has 2 amide bonds. The van der Waals surface area contributed by atoms with Crippen molar-refractivity contribution in [2.75, 3.05) is 11.9 Å². The van der Waals surface area contributed by atoms with E-state index in [1.807, 2.05) is 0 Å². The number of nitrogens with one attached hydrogen (secondary N) is 1. The van der Waals surface area contributed by atoms with E-state index in [-0.39, 0.29) is 19.0 Å². The fraction of sp³-hybridized carbons (Fsp3) is 0.435. The van der Waals surface area contributed by atoms with Gasteiger partial charge < -0.3 is 10.2 Å². The molecule has 0 saturated carbocycles. The van der Waals surface area contributed by atoms with Crippen LogP contribution in [0.5, 0.6) is 0 Å². The molecule has 0 aliphatic carbocycles. The van der Waals surface area contributed by atoms with Gasteiger partial charge in [-0.05, 0) is 35.6 Å². The van der Waals surface area contributed by atoms with Gasteiger partial charge in [0.2, 0.25) is 6.43 Å². The molecule has 11 heteroatoms. The number of carbonyl (C=O) groups is 1. The van der Waals surface area contributed by atoms with E-state index >= 15 is 0 Å². The minimum atomic E-state index is -5.10. The van der Waals surface area contributed by atoms with Crippen LogP contribution in [-0.4, -0.2) is 23.9 Å². The summed E-state index contributed by atoms with van der Waals surface area (Å²) in [6, 6.07) is 7.63. The lowest BCUT2D eigenvalue weighted by atomic mass is 9.77. The number of benzene rings is 2. The molecule has 1 heterocycles. The predicted molar refractivity (Wildman–Crippen MR) is 109 cm³/mol. The summed E-state index contributed by atoms with van der Waals surface area (Å²) in [5, 5.41) is 2.09. The summed E-state index contributed by atoms with van der Waals surface area (Å²) in [6.45, 7) is 3.45. The first-order valence-corrected chi connectivity index (χ1v) is 10.3. The number of urea groups is 1. The summed E-state index contributed by atoms with van der Waals surface area (Å²) >= 11 is 0. The number of likely N-dealkylation sites (tertiary alicyclic amines) is 1. The highest BCUT2D eigenvalue weighted by atomic mass is 19.4. The first-order valence-electron chi connectivity index (χ1n) is 10.3. The second-order valence-electron chi connectivity index (χ2n) is 9.14. The molecule has 1 fully saturated rings. The fourth-order valence-corrected chi connectivity index (χ4v) is 4.57. The van der Waals surface area contributed by atoms with E-state index in [1.165, 1.54) is 0 Å². The molecule has 34 heavy (non-hydrogen) atoms. The molecule has 0 bridgehead atoms. The maximum absolute atomic E-state index is 13.7. The lowest BCUT2D eigenvalue weighted by Gasteiger charge is -2.39. The lowest BCUT2D eigenvalue weighted by molar-refractivity contribution is -0.143. The monoisotopic (exact) mass is 494 g/mol. The second kappa shape index (κ2) is 8.74. The van der Waals surface area contributed by atoms with E-state index in [0.717, 1.165) is 4.90 Å². The number of carbonyl (C=O) groups excluding carboxylic acids is 1. The Morgan fingerprint density at radius 3 is 1.97 bits per heavy atom. The third kappa shape index (κ3) is 5.44. The Labute approximate surface area is 190 Å². The van der Waals surface area contributed by atoms with Gasteiger partial charge in [-0.2, -0.15) is 26.3 Å². The average Bonchev–Trinajstić information content (AvgIpc) is 2.98. The Kier molecular flexibility index (Phi) is 6.62. The third-order valence-electron chi connectivity index (χ3n) is 5.76. The van der Waals surface area contributed by atoms with Crippen molar-refractivity contribution < 1.29 is 39.9 Å². The van der Waals surface area contributed by atoms with E-state index in [0.29, 0.717) is 17.7 Å². The van der Waals surface area contributed by atoms with Crippen LogP contribution in [0.15, 0.2) is 48.5 Å². The van der Waals surface area contributed by atoms with Crippen LogP contribution >= 0.6 is 0 Å². The van der Waals surface area contributed by atoms with E-state index in [2.05, 4.69) is 5.32 Å². The molecule has 1 N–H and O–H groups in total. The topological polar surface area (TPSA) is 32.3 Å². The molecule has 2 aromatic rings. The van der Waals surface area contributed by atoms with Crippen molar-refractivity contribution in [1.82, 2.24) is 4.90 Å². The SMILES string of the molecule is CC1(C)CN(C(=O)Nc2cc(C(F)(F)F)cc(C(F)(F)F)c2)C(CC(F)F)(c2ccccc2)C1. The Hall–Kier alpha value is -2.85. The zero-order valence-corrected chi connectivity index (χ0v) is 18.2. The van der Waals surface area contributed by atoms with Crippen molar-refractivity contribution in [1.29, 1.82) is 0 Å². The minimum absolute atomic E-state index is 0.0362. The van der Waals surface area contributed by atoms with Crippen molar-refractivity contribution in [3.63, 3.8) is 0 Å². The van der Waals surface area contributed by atoms with Crippen molar-refractivity contribution in [3.8, 4) is 0 Å². The summed E-state index contributed by atoms with van der Waals surface area (Å²) in [6.07, 6.45) is -13.6. The third-order valence-corrected chi connectivity index (χ3v) is 5.76. The van der Waals surface area contributed by atoms with Crippen molar-refractivity contribution >= 4 is 11.7 Å². The van der Waals surface area contributed by atoms with Gasteiger partial charge in [0.05, 0.1) is 16.7 Å². The van der Waals surface area contributed by atoms with Gasteiger partial charge in [0.15, 0.2) is 0 Å². The Morgan fingerprint density at radius 2 is 1.50 bits per heavy atom. The average molecular weight is 494 g/mol. The number of anilines is 1. The van der Waals surface area contributed by atoms with Crippen LogP contribution in [0.3, 0.4) is 0 Å². The molecule has 0 aromatic heterocycles. The molecule has 1 aliphatic rings. The normalized spacial score (nSPS) is 20.6. The molecule has 0 radical (unpaired) electrons. The quantitative estimate of drug-likeness (QED) is 0.438. The molecule has 186 valence electrons. The Balaban J connectivity index is 2.06. The lowest BCUT2D eigenvalue weighted by Crippen LogP contribution is -2.48. The van der Waals surface area contributed by atoms with Crippen LogP contribution in [-0.2, 0) is 17.9 Å². The first-order chi connectivity index (χ1) is 15.5. The molecular formula is C23H22F8N2O. The van der Waals surface area contributed by atoms with Crippen molar-refractivity contribution in [3.05, 3.63) is 65.2 Å². The highest BCUT2D eigenvalue weighted by Crippen LogP contribution is 2.51. The zero-order valence-electron chi connectivity index (χ0n) is 18.2. The number of hydrogen-bond acceptors (Lipinski definition) is 1. The number of hydrogen-bond donors (Lipinski definition) is 1. The number of nitrogens with zero attached hydrogens (tertiary/aromatic N) is 1. The fourth-order valence-electron chi connectivity index (χ4n) is 4.57. The highest BCUT2D eigenvalue weighted by molar-refractivity contribution is 5.90. The van der Waals surface area contributed by atoms with E-state index in [4.69, 9.17) is 0 Å². The number of halogens is 8. The molecule has 2 aromatic carbocycles. The van der Waals surface area contributed by atoms with Gasteiger partial charge >= 0.3 is 18.4 Å². The standard InChI is InChI=1S/C23H22F8N2O/c1-20(2)12-21(11-18(24)25,14-6-4-3-5-7-14)33(13-20)19(34)32-17-9-15(22(26,27)28)8-16(10-17)23(29,30)31/h3-10,18H,11-13H2,1-2H3,(H,32,34). The van der Waals surface area contributed by atoms with Crippen LogP contribution < -0.4 is 5.32 Å². The Morgan fingerprint density at radius 1 is 0.971 bits per heavy atom. The largest absolute Gasteiger partial charge is 0.416 e. The number of amides is 2. The van der Waals surface area contributed by atoms with Gasteiger partial charge in [0.1, 0.15) is 0 Å². The van der Waals surface area contributed by atoms with Gasteiger partial charge in [-0.3, -0.25) is 0 Å². The predicted octanol–water partition coefficient (Wildman–Crippen LogP) is 7.54. The van der Waals surface area contributed by atoms with Gasteiger partial charge in [-0.15, -0.1) is 0 Å². The summed E-state index contributed by atoms with van der Waals surface area (Å²) in [5.74, 6) is 0. The molecule has 0 spiro atoms. The van der Waals surface area contributed by atoms with Crippen LogP contribution in [0.1, 0.15) is 43.4 Å². The van der Waals surface area contributed by atoms with Crippen molar-refractivity contribution in [2.45, 2.75) is 51.0 Å². The highest BCUT2D eigenvalue weighted by Gasteiger charge is 2.53. The molecule has 3 rings (SSSR count). The van der Waals surface area contributed by atoms with Gasteiger partial charge in [-0.25, -0.2) is 13.6 Å². The molecule has 1 aliphatic heterocycles. The summed E-state index contributed by atoms with van der Waals surface area (Å²) in [4.78, 5) is 14.3.